The number of anilines is 1. The highest BCUT2D eigenvalue weighted by Crippen LogP contribution is 2.37. The van der Waals surface area contributed by atoms with E-state index in [1.54, 1.807) is 0 Å². The van der Waals surface area contributed by atoms with E-state index in [9.17, 15) is 0 Å². The van der Waals surface area contributed by atoms with E-state index in [2.05, 4.69) is 18.2 Å². The maximum Gasteiger partial charge on any atom is 0.146 e. The molecule has 0 aromatic heterocycles. The largest absolute Gasteiger partial charge is 0.483 e. The minimum atomic E-state index is -0.105. The van der Waals surface area contributed by atoms with Crippen LogP contribution < -0.4 is 15.6 Å². The van der Waals surface area contributed by atoms with Gasteiger partial charge in [-0.1, -0.05) is 66.7 Å². The van der Waals surface area contributed by atoms with Gasteiger partial charge in [0.2, 0.25) is 0 Å². The van der Waals surface area contributed by atoms with Crippen LogP contribution in [0, 0.1) is 0 Å². The molecule has 3 aromatic rings. The van der Waals surface area contributed by atoms with Gasteiger partial charge < -0.3 is 9.75 Å². The van der Waals surface area contributed by atoms with Gasteiger partial charge in [-0.15, -0.1) is 0 Å². The number of hydrogen-bond donors (Lipinski definition) is 1. The molecular weight excluding hydrogens is 296 g/mol. The number of hydrazine groups is 1. The van der Waals surface area contributed by atoms with Crippen LogP contribution in [-0.4, -0.2) is 6.04 Å². The molecule has 3 heteroatoms. The number of hydrogen-bond acceptors (Lipinski definition) is 3. The molecule has 2 atom stereocenters. The summed E-state index contributed by atoms with van der Waals surface area (Å²) in [5.74, 6) is 7.46. The Kier molecular flexibility index (Phi) is 3.93. The molecule has 0 saturated heterocycles. The average molecular weight is 316 g/mol. The molecule has 0 aliphatic carbocycles. The van der Waals surface area contributed by atoms with Crippen LogP contribution in [0.1, 0.15) is 17.2 Å². The standard InChI is InChI=1S/C21H20N2O/c22-23(18-12-5-2-6-13-18)19-15-17-11-7-8-14-20(17)24-21(19)16-9-3-1-4-10-16/h1-14,19,21H,15,22H2. The third kappa shape index (κ3) is 2.74. The van der Waals surface area contributed by atoms with Crippen LogP contribution in [0.4, 0.5) is 5.69 Å². The molecule has 1 aliphatic heterocycles. The van der Waals surface area contributed by atoms with Gasteiger partial charge in [-0.2, -0.15) is 0 Å². The Morgan fingerprint density at radius 1 is 0.792 bits per heavy atom. The molecule has 2 N–H and O–H groups in total. The zero-order valence-corrected chi connectivity index (χ0v) is 13.4. The summed E-state index contributed by atoms with van der Waals surface area (Å²) in [6.45, 7) is 0. The van der Waals surface area contributed by atoms with E-state index in [0.717, 1.165) is 23.4 Å². The van der Waals surface area contributed by atoms with E-state index in [0.29, 0.717) is 0 Å². The summed E-state index contributed by atoms with van der Waals surface area (Å²) in [6, 6.07) is 28.6. The first-order valence-electron chi connectivity index (χ1n) is 8.21. The lowest BCUT2D eigenvalue weighted by atomic mass is 9.92. The second-order valence-electron chi connectivity index (χ2n) is 6.07. The lowest BCUT2D eigenvalue weighted by Gasteiger charge is -2.39. The van der Waals surface area contributed by atoms with Crippen LogP contribution >= 0.6 is 0 Å². The van der Waals surface area contributed by atoms with Crippen LogP contribution in [0.25, 0.3) is 0 Å². The monoisotopic (exact) mass is 316 g/mol. The molecule has 2 unspecified atom stereocenters. The van der Waals surface area contributed by atoms with Gasteiger partial charge in [-0.25, -0.2) is 5.84 Å². The van der Waals surface area contributed by atoms with Gasteiger partial charge in [0.25, 0.3) is 0 Å². The predicted octanol–water partition coefficient (Wildman–Crippen LogP) is 4.11. The Balaban J connectivity index is 1.74. The Labute approximate surface area is 142 Å². The summed E-state index contributed by atoms with van der Waals surface area (Å²) >= 11 is 0. The predicted molar refractivity (Wildman–Crippen MR) is 96.9 cm³/mol. The lowest BCUT2D eigenvalue weighted by Crippen LogP contribution is -2.49. The molecule has 0 bridgehead atoms. The molecule has 3 nitrogen and oxygen atoms in total. The van der Waals surface area contributed by atoms with E-state index in [1.807, 2.05) is 71.7 Å². The van der Waals surface area contributed by atoms with Crippen LogP contribution in [0.2, 0.25) is 0 Å². The van der Waals surface area contributed by atoms with E-state index in [1.165, 1.54) is 5.56 Å². The fourth-order valence-corrected chi connectivity index (χ4v) is 3.30. The number of benzene rings is 3. The van der Waals surface area contributed by atoms with Crippen molar-refractivity contribution in [2.45, 2.75) is 18.6 Å². The smallest absolute Gasteiger partial charge is 0.146 e. The second kappa shape index (κ2) is 6.38. The first-order valence-corrected chi connectivity index (χ1v) is 8.21. The van der Waals surface area contributed by atoms with Crippen molar-refractivity contribution in [2.24, 2.45) is 5.84 Å². The molecule has 1 aliphatic rings. The van der Waals surface area contributed by atoms with Gasteiger partial charge in [0.1, 0.15) is 11.9 Å². The Morgan fingerprint density at radius 2 is 1.42 bits per heavy atom. The molecule has 0 saturated carbocycles. The van der Waals surface area contributed by atoms with Crippen molar-refractivity contribution in [3.05, 3.63) is 96.1 Å². The van der Waals surface area contributed by atoms with E-state index < -0.39 is 0 Å². The van der Waals surface area contributed by atoms with E-state index in [-0.39, 0.29) is 12.1 Å². The lowest BCUT2D eigenvalue weighted by molar-refractivity contribution is 0.148. The molecular formula is C21H20N2O. The summed E-state index contributed by atoms with van der Waals surface area (Å²) in [4.78, 5) is 0. The number of fused-ring (bicyclic) bond motifs is 1. The van der Waals surface area contributed by atoms with E-state index in [4.69, 9.17) is 10.6 Å². The highest BCUT2D eigenvalue weighted by molar-refractivity contribution is 5.48. The number of ether oxygens (including phenoxy) is 1. The third-order valence-corrected chi connectivity index (χ3v) is 4.54. The molecule has 0 radical (unpaired) electrons. The van der Waals surface area contributed by atoms with Gasteiger partial charge in [0.15, 0.2) is 0 Å². The average Bonchev–Trinajstić information content (AvgIpc) is 2.68. The maximum atomic E-state index is 6.51. The summed E-state index contributed by atoms with van der Waals surface area (Å²) in [6.07, 6.45) is 0.743. The number of rotatable bonds is 3. The SMILES string of the molecule is NN(c1ccccc1)C1Cc2ccccc2OC1c1ccccc1. The zero-order valence-electron chi connectivity index (χ0n) is 13.4. The van der Waals surface area contributed by atoms with Crippen molar-refractivity contribution in [1.82, 2.24) is 0 Å². The number of para-hydroxylation sites is 2. The minimum Gasteiger partial charge on any atom is -0.483 e. The van der Waals surface area contributed by atoms with Crippen LogP contribution in [0.3, 0.4) is 0 Å². The third-order valence-electron chi connectivity index (χ3n) is 4.54. The van der Waals surface area contributed by atoms with Crippen molar-refractivity contribution < 1.29 is 4.74 Å². The molecule has 120 valence electrons. The van der Waals surface area contributed by atoms with Gasteiger partial charge in [-0.3, -0.25) is 0 Å². The highest BCUT2D eigenvalue weighted by Gasteiger charge is 2.34. The second-order valence-corrected chi connectivity index (χ2v) is 6.07. The summed E-state index contributed by atoms with van der Waals surface area (Å²) in [7, 11) is 0. The van der Waals surface area contributed by atoms with Crippen LogP contribution in [0.15, 0.2) is 84.9 Å². The van der Waals surface area contributed by atoms with Crippen molar-refractivity contribution in [3.8, 4) is 5.75 Å². The van der Waals surface area contributed by atoms with Gasteiger partial charge in [0.05, 0.1) is 11.7 Å². The molecule has 3 aromatic carbocycles. The summed E-state index contributed by atoms with van der Waals surface area (Å²) in [5, 5.41) is 1.84. The topological polar surface area (TPSA) is 38.5 Å². The zero-order chi connectivity index (χ0) is 16.4. The summed E-state index contributed by atoms with van der Waals surface area (Å²) in [5.41, 5.74) is 3.33. The Hall–Kier alpha value is -2.78. The van der Waals surface area contributed by atoms with E-state index >= 15 is 0 Å². The van der Waals surface area contributed by atoms with Crippen molar-refractivity contribution >= 4 is 5.69 Å². The normalized spacial score (nSPS) is 19.2. The maximum absolute atomic E-state index is 6.51. The molecule has 0 spiro atoms. The fourth-order valence-electron chi connectivity index (χ4n) is 3.30. The Morgan fingerprint density at radius 3 is 2.17 bits per heavy atom. The fraction of sp³-hybridized carbons (Fsp3) is 0.143. The quantitative estimate of drug-likeness (QED) is 0.584. The minimum absolute atomic E-state index is 0.0321. The first-order chi connectivity index (χ1) is 11.8. The molecule has 0 fully saturated rings. The molecule has 1 heterocycles. The summed E-state index contributed by atoms with van der Waals surface area (Å²) < 4.78 is 6.35. The van der Waals surface area contributed by atoms with Gasteiger partial charge in [-0.05, 0) is 29.3 Å². The van der Waals surface area contributed by atoms with Crippen LogP contribution in [-0.2, 0) is 6.42 Å². The van der Waals surface area contributed by atoms with Crippen LogP contribution in [0.5, 0.6) is 5.75 Å². The number of nitrogens with two attached hydrogens (primary N) is 1. The van der Waals surface area contributed by atoms with Crippen molar-refractivity contribution in [3.63, 3.8) is 0 Å². The molecule has 0 amide bonds. The van der Waals surface area contributed by atoms with Gasteiger partial charge >= 0.3 is 0 Å². The van der Waals surface area contributed by atoms with Crippen molar-refractivity contribution in [1.29, 1.82) is 0 Å². The first kappa shape index (κ1) is 14.8. The molecule has 4 rings (SSSR count). The Bertz CT molecular complexity index is 804. The van der Waals surface area contributed by atoms with Gasteiger partial charge in [0, 0.05) is 6.42 Å². The highest BCUT2D eigenvalue weighted by atomic mass is 16.5. The van der Waals surface area contributed by atoms with Crippen molar-refractivity contribution in [2.75, 3.05) is 5.01 Å². The molecule has 24 heavy (non-hydrogen) atoms. The number of nitrogens with zero attached hydrogens (tertiary/aromatic N) is 1.